The average Bonchev–Trinajstić information content (AvgIpc) is 2.62. The molecule has 0 radical (unpaired) electrons. The number of aliphatic hydroxyl groups is 1. The lowest BCUT2D eigenvalue weighted by atomic mass is 10.0. The van der Waals surface area contributed by atoms with E-state index in [9.17, 15) is 9.90 Å². The Bertz CT molecular complexity index is 292. The van der Waals surface area contributed by atoms with Crippen LogP contribution in [0.4, 0.5) is 0 Å². The Kier molecular flexibility index (Phi) is 6.27. The van der Waals surface area contributed by atoms with Crippen molar-refractivity contribution in [3.8, 4) is 0 Å². The van der Waals surface area contributed by atoms with Gasteiger partial charge in [0.05, 0.1) is 12.6 Å². The number of amides is 1. The highest BCUT2D eigenvalue weighted by Gasteiger charge is 2.30. The molecule has 0 aromatic carbocycles. The first-order valence-corrected chi connectivity index (χ1v) is 7.60. The van der Waals surface area contributed by atoms with Crippen LogP contribution in [0.3, 0.4) is 0 Å². The van der Waals surface area contributed by atoms with E-state index in [-0.39, 0.29) is 30.1 Å². The van der Waals surface area contributed by atoms with Crippen molar-refractivity contribution >= 4 is 5.91 Å². The lowest BCUT2D eigenvalue weighted by Gasteiger charge is -2.35. The Morgan fingerprint density at radius 2 is 2.11 bits per heavy atom. The second-order valence-corrected chi connectivity index (χ2v) is 6.33. The molecular formula is C15H30N2O2. The fraction of sp³-hybridized carbons (Fsp3) is 0.933. The fourth-order valence-electron chi connectivity index (χ4n) is 2.58. The van der Waals surface area contributed by atoms with Gasteiger partial charge in [0, 0.05) is 11.6 Å². The third-order valence-corrected chi connectivity index (χ3v) is 4.36. The van der Waals surface area contributed by atoms with Crippen molar-refractivity contribution in [2.75, 3.05) is 13.2 Å². The number of carbonyl (C=O) groups is 1. The topological polar surface area (TPSA) is 52.6 Å². The van der Waals surface area contributed by atoms with Crippen LogP contribution < -0.4 is 5.32 Å². The van der Waals surface area contributed by atoms with E-state index in [0.29, 0.717) is 0 Å². The zero-order valence-corrected chi connectivity index (χ0v) is 12.9. The SMILES string of the molecule is CCC(C)(C)NC(=O)C(C)N1CCCCCC1CO. The van der Waals surface area contributed by atoms with Crippen LogP contribution in [0.15, 0.2) is 0 Å². The predicted molar refractivity (Wildman–Crippen MR) is 78.0 cm³/mol. The summed E-state index contributed by atoms with van der Waals surface area (Å²) in [5.74, 6) is 0.0761. The van der Waals surface area contributed by atoms with E-state index in [4.69, 9.17) is 0 Å². The van der Waals surface area contributed by atoms with Crippen molar-refractivity contribution in [1.29, 1.82) is 0 Å². The van der Waals surface area contributed by atoms with Gasteiger partial charge in [-0.05, 0) is 46.6 Å². The van der Waals surface area contributed by atoms with Gasteiger partial charge in [0.2, 0.25) is 5.91 Å². The van der Waals surface area contributed by atoms with Crippen LogP contribution in [0.2, 0.25) is 0 Å². The molecule has 1 aliphatic heterocycles. The van der Waals surface area contributed by atoms with Gasteiger partial charge in [-0.1, -0.05) is 19.8 Å². The van der Waals surface area contributed by atoms with Gasteiger partial charge in [0.1, 0.15) is 0 Å². The summed E-state index contributed by atoms with van der Waals surface area (Å²) >= 11 is 0. The molecule has 1 saturated heterocycles. The van der Waals surface area contributed by atoms with E-state index in [0.717, 1.165) is 32.2 Å². The van der Waals surface area contributed by atoms with E-state index in [2.05, 4.69) is 17.1 Å². The van der Waals surface area contributed by atoms with Gasteiger partial charge in [0.25, 0.3) is 0 Å². The van der Waals surface area contributed by atoms with Crippen molar-refractivity contribution in [2.45, 2.75) is 77.4 Å². The summed E-state index contributed by atoms with van der Waals surface area (Å²) in [4.78, 5) is 14.5. The van der Waals surface area contributed by atoms with Crippen LogP contribution in [-0.4, -0.2) is 46.7 Å². The van der Waals surface area contributed by atoms with Crippen LogP contribution in [-0.2, 0) is 4.79 Å². The maximum atomic E-state index is 12.4. The van der Waals surface area contributed by atoms with Gasteiger partial charge < -0.3 is 10.4 Å². The van der Waals surface area contributed by atoms with Gasteiger partial charge >= 0.3 is 0 Å². The predicted octanol–water partition coefficient (Wildman–Crippen LogP) is 1.92. The Hall–Kier alpha value is -0.610. The Labute approximate surface area is 117 Å². The minimum absolute atomic E-state index is 0.0761. The van der Waals surface area contributed by atoms with Crippen LogP contribution in [0.25, 0.3) is 0 Å². The van der Waals surface area contributed by atoms with Crippen LogP contribution in [0, 0.1) is 0 Å². The molecule has 0 aliphatic carbocycles. The summed E-state index contributed by atoms with van der Waals surface area (Å²) in [7, 11) is 0. The molecule has 2 N–H and O–H groups in total. The molecule has 1 aliphatic rings. The first-order chi connectivity index (χ1) is 8.91. The number of carbonyl (C=O) groups excluding carboxylic acids is 1. The standard InChI is InChI=1S/C15H30N2O2/c1-5-15(3,4)16-14(19)12(2)17-10-8-6-7-9-13(17)11-18/h12-13,18H,5-11H2,1-4H3,(H,16,19). The molecule has 112 valence electrons. The smallest absolute Gasteiger partial charge is 0.237 e. The van der Waals surface area contributed by atoms with Crippen molar-refractivity contribution in [1.82, 2.24) is 10.2 Å². The molecule has 1 amide bonds. The number of nitrogens with one attached hydrogen (secondary N) is 1. The second kappa shape index (κ2) is 7.25. The number of nitrogens with zero attached hydrogens (tertiary/aromatic N) is 1. The second-order valence-electron chi connectivity index (χ2n) is 6.33. The van der Waals surface area contributed by atoms with Crippen LogP contribution >= 0.6 is 0 Å². The summed E-state index contributed by atoms with van der Waals surface area (Å²) in [6.07, 6.45) is 5.36. The van der Waals surface area contributed by atoms with Gasteiger partial charge in [-0.2, -0.15) is 0 Å². The minimum atomic E-state index is -0.166. The largest absolute Gasteiger partial charge is 0.395 e. The first-order valence-electron chi connectivity index (χ1n) is 7.60. The van der Waals surface area contributed by atoms with Gasteiger partial charge in [-0.3, -0.25) is 9.69 Å². The normalized spacial score (nSPS) is 23.7. The molecule has 19 heavy (non-hydrogen) atoms. The van der Waals surface area contributed by atoms with Crippen LogP contribution in [0.1, 0.15) is 59.8 Å². The lowest BCUT2D eigenvalue weighted by molar-refractivity contribution is -0.128. The summed E-state index contributed by atoms with van der Waals surface area (Å²) < 4.78 is 0. The molecular weight excluding hydrogens is 240 g/mol. The van der Waals surface area contributed by atoms with Crippen molar-refractivity contribution in [2.24, 2.45) is 0 Å². The zero-order chi connectivity index (χ0) is 14.5. The molecule has 0 aromatic heterocycles. The Balaban J connectivity index is 2.67. The third kappa shape index (κ3) is 4.77. The Morgan fingerprint density at radius 3 is 2.68 bits per heavy atom. The molecule has 0 spiro atoms. The molecule has 1 rings (SSSR count). The molecule has 2 unspecified atom stereocenters. The Morgan fingerprint density at radius 1 is 1.42 bits per heavy atom. The highest BCUT2D eigenvalue weighted by atomic mass is 16.3. The highest BCUT2D eigenvalue weighted by Crippen LogP contribution is 2.19. The van der Waals surface area contributed by atoms with Crippen molar-refractivity contribution < 1.29 is 9.90 Å². The monoisotopic (exact) mass is 270 g/mol. The van der Waals surface area contributed by atoms with Crippen molar-refractivity contribution in [3.63, 3.8) is 0 Å². The zero-order valence-electron chi connectivity index (χ0n) is 12.9. The molecule has 4 heteroatoms. The first kappa shape index (κ1) is 16.4. The van der Waals surface area contributed by atoms with E-state index < -0.39 is 0 Å². The molecule has 1 heterocycles. The quantitative estimate of drug-likeness (QED) is 0.802. The van der Waals surface area contributed by atoms with E-state index in [1.165, 1.54) is 6.42 Å². The van der Waals surface area contributed by atoms with E-state index in [1.54, 1.807) is 0 Å². The molecule has 0 saturated carbocycles. The average molecular weight is 270 g/mol. The molecule has 0 aromatic rings. The lowest BCUT2D eigenvalue weighted by Crippen LogP contribution is -2.54. The van der Waals surface area contributed by atoms with E-state index >= 15 is 0 Å². The highest BCUT2D eigenvalue weighted by molar-refractivity contribution is 5.82. The van der Waals surface area contributed by atoms with Gasteiger partial charge in [-0.15, -0.1) is 0 Å². The number of likely N-dealkylation sites (tertiary alicyclic amines) is 1. The van der Waals surface area contributed by atoms with E-state index in [1.807, 2.05) is 20.8 Å². The summed E-state index contributed by atoms with van der Waals surface area (Å²) in [5, 5.41) is 12.6. The number of hydrogen-bond donors (Lipinski definition) is 2. The minimum Gasteiger partial charge on any atom is -0.395 e. The van der Waals surface area contributed by atoms with Crippen LogP contribution in [0.5, 0.6) is 0 Å². The van der Waals surface area contributed by atoms with Crippen molar-refractivity contribution in [3.05, 3.63) is 0 Å². The number of hydrogen-bond acceptors (Lipinski definition) is 3. The third-order valence-electron chi connectivity index (χ3n) is 4.36. The maximum Gasteiger partial charge on any atom is 0.237 e. The molecule has 0 bridgehead atoms. The maximum absolute atomic E-state index is 12.4. The van der Waals surface area contributed by atoms with Gasteiger partial charge in [-0.25, -0.2) is 0 Å². The fourth-order valence-corrected chi connectivity index (χ4v) is 2.58. The number of aliphatic hydroxyl groups excluding tert-OH is 1. The van der Waals surface area contributed by atoms with Gasteiger partial charge in [0.15, 0.2) is 0 Å². The molecule has 1 fully saturated rings. The summed E-state index contributed by atoms with van der Waals surface area (Å²) in [6.45, 7) is 9.18. The number of rotatable bonds is 5. The summed E-state index contributed by atoms with van der Waals surface area (Å²) in [6, 6.07) is -0.0333. The summed E-state index contributed by atoms with van der Waals surface area (Å²) in [5.41, 5.74) is -0.161. The molecule has 4 nitrogen and oxygen atoms in total. The molecule has 2 atom stereocenters.